The summed E-state index contributed by atoms with van der Waals surface area (Å²) in [6.45, 7) is 5.44. The van der Waals surface area contributed by atoms with E-state index in [9.17, 15) is 4.79 Å². The average molecular weight is 258 g/mol. The van der Waals surface area contributed by atoms with Crippen molar-refractivity contribution < 1.29 is 0 Å². The van der Waals surface area contributed by atoms with Crippen LogP contribution in [0, 0.1) is 11.3 Å². The van der Waals surface area contributed by atoms with Gasteiger partial charge in [-0.2, -0.15) is 0 Å². The Balaban J connectivity index is 1.88. The molecule has 0 bridgehead atoms. The molecular formula is C14H18N4O. The zero-order valence-electron chi connectivity index (χ0n) is 11.2. The van der Waals surface area contributed by atoms with Crippen LogP contribution in [0.1, 0.15) is 20.3 Å². The molecule has 1 aliphatic carbocycles. The molecule has 1 unspecified atom stereocenters. The number of aromatic nitrogens is 2. The third kappa shape index (κ3) is 2.16. The molecule has 1 fully saturated rings. The van der Waals surface area contributed by atoms with Gasteiger partial charge in [-0.15, -0.1) is 0 Å². The van der Waals surface area contributed by atoms with E-state index in [1.165, 1.54) is 12.7 Å². The molecule has 0 aliphatic heterocycles. The van der Waals surface area contributed by atoms with Gasteiger partial charge >= 0.3 is 0 Å². The number of hydrogen-bond acceptors (Lipinski definition) is 4. The van der Waals surface area contributed by atoms with E-state index < -0.39 is 0 Å². The lowest BCUT2D eigenvalue weighted by Gasteiger charge is -2.11. The number of fused-ring (bicyclic) bond motifs is 1. The molecule has 1 saturated carbocycles. The topological polar surface area (TPSA) is 83.8 Å². The Bertz CT molecular complexity index is 689. The highest BCUT2D eigenvalue weighted by Crippen LogP contribution is 2.51. The van der Waals surface area contributed by atoms with Crippen LogP contribution in [0.15, 0.2) is 23.3 Å². The maximum Gasteiger partial charge on any atom is 0.258 e. The van der Waals surface area contributed by atoms with Crippen LogP contribution >= 0.6 is 0 Å². The van der Waals surface area contributed by atoms with Gasteiger partial charge in [-0.1, -0.05) is 13.8 Å². The number of aromatic amines is 1. The first-order valence-corrected chi connectivity index (χ1v) is 6.48. The molecule has 5 nitrogen and oxygen atoms in total. The fourth-order valence-electron chi connectivity index (χ4n) is 2.44. The lowest BCUT2D eigenvalue weighted by molar-refractivity contribution is 0.573. The molecule has 1 aromatic carbocycles. The van der Waals surface area contributed by atoms with Crippen LogP contribution < -0.4 is 16.6 Å². The zero-order chi connectivity index (χ0) is 13.6. The summed E-state index contributed by atoms with van der Waals surface area (Å²) in [5.74, 6) is 0.690. The van der Waals surface area contributed by atoms with Crippen LogP contribution in [0.4, 0.5) is 11.4 Å². The number of nitrogen functional groups attached to an aromatic ring is 1. The Hall–Kier alpha value is -2.04. The number of nitrogens with zero attached hydrogens (tertiary/aromatic N) is 1. The molecule has 100 valence electrons. The van der Waals surface area contributed by atoms with E-state index in [0.717, 1.165) is 12.2 Å². The summed E-state index contributed by atoms with van der Waals surface area (Å²) in [5.41, 5.74) is 8.37. The molecular weight excluding hydrogens is 240 g/mol. The summed E-state index contributed by atoms with van der Waals surface area (Å²) in [4.78, 5) is 18.3. The van der Waals surface area contributed by atoms with Crippen molar-refractivity contribution >= 4 is 22.3 Å². The van der Waals surface area contributed by atoms with Gasteiger partial charge in [-0.05, 0) is 29.9 Å². The number of hydrogen-bond donors (Lipinski definition) is 3. The van der Waals surface area contributed by atoms with Crippen molar-refractivity contribution in [2.75, 3.05) is 17.6 Å². The van der Waals surface area contributed by atoms with E-state index in [4.69, 9.17) is 5.73 Å². The van der Waals surface area contributed by atoms with Gasteiger partial charge in [-0.25, -0.2) is 4.98 Å². The highest BCUT2D eigenvalue weighted by atomic mass is 16.1. The lowest BCUT2D eigenvalue weighted by Crippen LogP contribution is -2.11. The van der Waals surface area contributed by atoms with Crippen molar-refractivity contribution in [1.29, 1.82) is 0 Å². The van der Waals surface area contributed by atoms with Crippen molar-refractivity contribution in [1.82, 2.24) is 9.97 Å². The third-order valence-electron chi connectivity index (χ3n) is 4.07. The fourth-order valence-corrected chi connectivity index (χ4v) is 2.44. The number of benzene rings is 1. The molecule has 0 spiro atoms. The quantitative estimate of drug-likeness (QED) is 0.735. The average Bonchev–Trinajstić information content (AvgIpc) is 2.96. The Kier molecular flexibility index (Phi) is 2.52. The molecule has 3 rings (SSSR count). The van der Waals surface area contributed by atoms with E-state index in [0.29, 0.717) is 27.9 Å². The van der Waals surface area contributed by atoms with Crippen molar-refractivity contribution in [3.8, 4) is 0 Å². The van der Waals surface area contributed by atoms with E-state index in [-0.39, 0.29) is 5.56 Å². The second kappa shape index (κ2) is 3.98. The molecule has 4 N–H and O–H groups in total. The van der Waals surface area contributed by atoms with E-state index >= 15 is 0 Å². The van der Waals surface area contributed by atoms with E-state index in [2.05, 4.69) is 29.1 Å². The van der Waals surface area contributed by atoms with Gasteiger partial charge in [0.05, 0.1) is 28.6 Å². The van der Waals surface area contributed by atoms with E-state index in [1.54, 1.807) is 6.07 Å². The predicted molar refractivity (Wildman–Crippen MR) is 77.2 cm³/mol. The minimum absolute atomic E-state index is 0.161. The molecule has 0 radical (unpaired) electrons. The fraction of sp³-hybridized carbons (Fsp3) is 0.429. The van der Waals surface area contributed by atoms with Crippen LogP contribution in [0.25, 0.3) is 10.9 Å². The smallest absolute Gasteiger partial charge is 0.258 e. The van der Waals surface area contributed by atoms with Crippen LogP contribution in [0.2, 0.25) is 0 Å². The second-order valence-corrected chi connectivity index (χ2v) is 5.96. The first kappa shape index (κ1) is 12.0. The monoisotopic (exact) mass is 258 g/mol. The van der Waals surface area contributed by atoms with Gasteiger partial charge in [0.25, 0.3) is 5.56 Å². The molecule has 1 atom stereocenters. The molecule has 0 amide bonds. The highest BCUT2D eigenvalue weighted by molar-refractivity contribution is 5.88. The highest BCUT2D eigenvalue weighted by Gasteiger charge is 2.44. The molecule has 0 saturated heterocycles. The van der Waals surface area contributed by atoms with Gasteiger partial charge in [0, 0.05) is 6.54 Å². The van der Waals surface area contributed by atoms with Gasteiger partial charge in [0.1, 0.15) is 0 Å². The maximum atomic E-state index is 11.6. The van der Waals surface area contributed by atoms with Gasteiger partial charge in [-0.3, -0.25) is 4.79 Å². The van der Waals surface area contributed by atoms with Crippen LogP contribution in [0.5, 0.6) is 0 Å². The first-order chi connectivity index (χ1) is 8.97. The summed E-state index contributed by atoms with van der Waals surface area (Å²) in [6.07, 6.45) is 2.65. The van der Waals surface area contributed by atoms with Gasteiger partial charge in [0.2, 0.25) is 0 Å². The molecule has 19 heavy (non-hydrogen) atoms. The molecule has 5 heteroatoms. The summed E-state index contributed by atoms with van der Waals surface area (Å²) >= 11 is 0. The normalized spacial score (nSPS) is 20.4. The lowest BCUT2D eigenvalue weighted by atomic mass is 10.1. The number of anilines is 2. The minimum Gasteiger partial charge on any atom is -0.397 e. The molecule has 1 aromatic heterocycles. The summed E-state index contributed by atoms with van der Waals surface area (Å²) < 4.78 is 0. The Morgan fingerprint density at radius 3 is 2.95 bits per heavy atom. The second-order valence-electron chi connectivity index (χ2n) is 5.96. The van der Waals surface area contributed by atoms with Crippen molar-refractivity contribution in [3.63, 3.8) is 0 Å². The largest absolute Gasteiger partial charge is 0.397 e. The van der Waals surface area contributed by atoms with Crippen molar-refractivity contribution in [2.45, 2.75) is 20.3 Å². The summed E-state index contributed by atoms with van der Waals surface area (Å²) in [6, 6.07) is 3.52. The number of nitrogens with two attached hydrogens (primary N) is 1. The zero-order valence-corrected chi connectivity index (χ0v) is 11.2. The third-order valence-corrected chi connectivity index (χ3v) is 4.07. The predicted octanol–water partition coefficient (Wildman–Crippen LogP) is 1.96. The van der Waals surface area contributed by atoms with Crippen molar-refractivity contribution in [2.24, 2.45) is 11.3 Å². The van der Waals surface area contributed by atoms with E-state index in [1.807, 2.05) is 6.07 Å². The molecule has 2 aromatic rings. The first-order valence-electron chi connectivity index (χ1n) is 6.48. The summed E-state index contributed by atoms with van der Waals surface area (Å²) in [7, 11) is 0. The Morgan fingerprint density at radius 1 is 1.53 bits per heavy atom. The Labute approximate surface area is 111 Å². The van der Waals surface area contributed by atoms with Crippen molar-refractivity contribution in [3.05, 3.63) is 28.8 Å². The number of H-pyrrole nitrogens is 1. The van der Waals surface area contributed by atoms with Crippen LogP contribution in [-0.4, -0.2) is 16.5 Å². The number of nitrogens with one attached hydrogen (secondary N) is 2. The van der Waals surface area contributed by atoms with Gasteiger partial charge in [0.15, 0.2) is 0 Å². The minimum atomic E-state index is -0.161. The standard InChI is InChI=1S/C14H18N4O/c1-14(2)5-8(14)6-16-12-4-11-9(3-10(12)15)13(19)18-7-17-11/h3-4,7-8,16H,5-6,15H2,1-2H3,(H,17,18,19). The van der Waals surface area contributed by atoms with Crippen LogP contribution in [0.3, 0.4) is 0 Å². The molecule has 1 heterocycles. The summed E-state index contributed by atoms with van der Waals surface area (Å²) in [5, 5.41) is 3.89. The maximum absolute atomic E-state index is 11.6. The number of rotatable bonds is 3. The Morgan fingerprint density at radius 2 is 2.26 bits per heavy atom. The van der Waals surface area contributed by atoms with Crippen LogP contribution in [-0.2, 0) is 0 Å². The van der Waals surface area contributed by atoms with Gasteiger partial charge < -0.3 is 16.0 Å². The SMILES string of the molecule is CC1(C)CC1CNc1cc2nc[nH]c(=O)c2cc1N. The molecule has 1 aliphatic rings.